The van der Waals surface area contributed by atoms with Gasteiger partial charge in [-0.3, -0.25) is 4.57 Å². The molecule has 0 N–H and O–H groups in total. The Morgan fingerprint density at radius 3 is 2.57 bits per heavy atom. The Balaban J connectivity index is 2.37. The molecule has 0 fully saturated rings. The van der Waals surface area contributed by atoms with Crippen LogP contribution in [0.2, 0.25) is 5.02 Å². The van der Waals surface area contributed by atoms with Gasteiger partial charge in [0.15, 0.2) is 0 Å². The largest absolute Gasteiger partial charge is 0.292 e. The molecule has 0 amide bonds. The standard InChI is InChI=1S/C15H10Cl2F2N2/c1-8-2-3-13(11(19)4-8)21-14-6-10(18)9(17)5-12(14)20-15(21)7-16/h2-6H,7H2,1H3. The Morgan fingerprint density at radius 2 is 1.90 bits per heavy atom. The third-order valence-corrected chi connectivity index (χ3v) is 3.76. The van der Waals surface area contributed by atoms with Gasteiger partial charge in [0.25, 0.3) is 0 Å². The summed E-state index contributed by atoms with van der Waals surface area (Å²) in [6.07, 6.45) is 0. The Morgan fingerprint density at radius 1 is 1.14 bits per heavy atom. The topological polar surface area (TPSA) is 17.8 Å². The number of benzene rings is 2. The van der Waals surface area contributed by atoms with Crippen LogP contribution in [0.25, 0.3) is 16.7 Å². The number of hydrogen-bond acceptors (Lipinski definition) is 1. The van der Waals surface area contributed by atoms with Gasteiger partial charge in [-0.25, -0.2) is 13.8 Å². The molecule has 0 aliphatic carbocycles. The molecule has 0 aliphatic heterocycles. The second kappa shape index (κ2) is 5.28. The maximum absolute atomic E-state index is 14.2. The van der Waals surface area contributed by atoms with E-state index in [1.165, 1.54) is 22.8 Å². The molecule has 3 aromatic rings. The van der Waals surface area contributed by atoms with Gasteiger partial charge in [-0.05, 0) is 30.7 Å². The van der Waals surface area contributed by atoms with E-state index in [0.29, 0.717) is 16.9 Å². The SMILES string of the molecule is Cc1ccc(-n2c(CCl)nc3cc(Cl)c(F)cc32)c(F)c1. The fourth-order valence-corrected chi connectivity index (χ4v) is 2.61. The van der Waals surface area contributed by atoms with Gasteiger partial charge in [0.05, 0.1) is 27.6 Å². The zero-order valence-electron chi connectivity index (χ0n) is 11.0. The lowest BCUT2D eigenvalue weighted by molar-refractivity contribution is 0.615. The van der Waals surface area contributed by atoms with E-state index in [9.17, 15) is 8.78 Å². The predicted molar refractivity (Wildman–Crippen MR) is 80.3 cm³/mol. The summed E-state index contributed by atoms with van der Waals surface area (Å²) in [5.74, 6) is -0.507. The number of halogens is 4. The average Bonchev–Trinajstić information content (AvgIpc) is 2.77. The summed E-state index contributed by atoms with van der Waals surface area (Å²) >= 11 is 11.6. The molecule has 0 radical (unpaired) electrons. The van der Waals surface area contributed by atoms with Crippen molar-refractivity contribution >= 4 is 34.2 Å². The normalized spacial score (nSPS) is 11.3. The van der Waals surface area contributed by atoms with Gasteiger partial charge < -0.3 is 0 Å². The highest BCUT2D eigenvalue weighted by molar-refractivity contribution is 6.31. The third kappa shape index (κ3) is 2.39. The van der Waals surface area contributed by atoms with Gasteiger partial charge in [0.2, 0.25) is 0 Å². The maximum atomic E-state index is 14.2. The Kier molecular flexibility index (Phi) is 3.59. The van der Waals surface area contributed by atoms with E-state index in [4.69, 9.17) is 23.2 Å². The zero-order chi connectivity index (χ0) is 15.1. The summed E-state index contributed by atoms with van der Waals surface area (Å²) in [7, 11) is 0. The third-order valence-electron chi connectivity index (χ3n) is 3.23. The smallest absolute Gasteiger partial charge is 0.147 e. The van der Waals surface area contributed by atoms with Gasteiger partial charge in [-0.15, -0.1) is 11.6 Å². The summed E-state index contributed by atoms with van der Waals surface area (Å²) in [5, 5.41) is -0.0300. The minimum atomic E-state index is -0.584. The zero-order valence-corrected chi connectivity index (χ0v) is 12.5. The highest BCUT2D eigenvalue weighted by Gasteiger charge is 2.17. The first-order valence-electron chi connectivity index (χ1n) is 6.20. The molecule has 0 spiro atoms. The maximum Gasteiger partial charge on any atom is 0.147 e. The Labute approximate surface area is 129 Å². The van der Waals surface area contributed by atoms with Gasteiger partial charge in [0, 0.05) is 6.07 Å². The first-order valence-corrected chi connectivity index (χ1v) is 7.11. The second-order valence-corrected chi connectivity index (χ2v) is 5.38. The second-order valence-electron chi connectivity index (χ2n) is 4.71. The summed E-state index contributed by atoms with van der Waals surface area (Å²) in [6.45, 7) is 1.79. The van der Waals surface area contributed by atoms with Crippen LogP contribution in [-0.4, -0.2) is 9.55 Å². The molecule has 0 unspecified atom stereocenters. The highest BCUT2D eigenvalue weighted by Crippen LogP contribution is 2.28. The number of fused-ring (bicyclic) bond motifs is 1. The number of imidazole rings is 1. The van der Waals surface area contributed by atoms with Gasteiger partial charge in [-0.2, -0.15) is 0 Å². The molecular weight excluding hydrogens is 317 g/mol. The van der Waals surface area contributed by atoms with Crippen LogP contribution in [0.3, 0.4) is 0 Å². The van der Waals surface area contributed by atoms with E-state index >= 15 is 0 Å². The molecule has 0 aliphatic rings. The molecule has 2 nitrogen and oxygen atoms in total. The minimum Gasteiger partial charge on any atom is -0.292 e. The number of hydrogen-bond donors (Lipinski definition) is 0. The Hall–Kier alpha value is -1.65. The van der Waals surface area contributed by atoms with E-state index in [1.807, 2.05) is 0 Å². The highest BCUT2D eigenvalue weighted by atomic mass is 35.5. The summed E-state index contributed by atoms with van der Waals surface area (Å²) < 4.78 is 29.5. The minimum absolute atomic E-state index is 0.0300. The van der Waals surface area contributed by atoms with Crippen LogP contribution in [0.1, 0.15) is 11.4 Å². The molecule has 1 heterocycles. The predicted octanol–water partition coefficient (Wildman–Crippen LogP) is 5.00. The lowest BCUT2D eigenvalue weighted by atomic mass is 10.2. The van der Waals surface area contributed by atoms with E-state index in [-0.39, 0.29) is 16.6 Å². The summed E-state index contributed by atoms with van der Waals surface area (Å²) in [5.41, 5.74) is 1.97. The van der Waals surface area contributed by atoms with Crippen molar-refractivity contribution < 1.29 is 8.78 Å². The first kappa shape index (κ1) is 14.3. The monoisotopic (exact) mass is 326 g/mol. The van der Waals surface area contributed by atoms with Crippen molar-refractivity contribution in [3.05, 3.63) is 58.4 Å². The van der Waals surface area contributed by atoms with Crippen molar-refractivity contribution in [3.63, 3.8) is 0 Å². The molecule has 6 heteroatoms. The van der Waals surface area contributed by atoms with Gasteiger partial charge in [-0.1, -0.05) is 17.7 Å². The number of aromatic nitrogens is 2. The molecule has 0 bridgehead atoms. The summed E-state index contributed by atoms with van der Waals surface area (Å²) in [6, 6.07) is 7.44. The van der Waals surface area contributed by atoms with Crippen LogP contribution in [0.15, 0.2) is 30.3 Å². The van der Waals surface area contributed by atoms with Crippen LogP contribution >= 0.6 is 23.2 Å². The first-order chi connectivity index (χ1) is 10.0. The van der Waals surface area contributed by atoms with Gasteiger partial charge in [0.1, 0.15) is 17.5 Å². The van der Waals surface area contributed by atoms with Crippen molar-refractivity contribution in [2.45, 2.75) is 12.8 Å². The molecule has 0 saturated heterocycles. The van der Waals surface area contributed by atoms with Crippen molar-refractivity contribution in [2.75, 3.05) is 0 Å². The van der Waals surface area contributed by atoms with Crippen molar-refractivity contribution in [1.82, 2.24) is 9.55 Å². The van der Waals surface area contributed by atoms with Crippen LogP contribution in [0, 0.1) is 18.6 Å². The van der Waals surface area contributed by atoms with Gasteiger partial charge >= 0.3 is 0 Å². The lowest BCUT2D eigenvalue weighted by Crippen LogP contribution is -2.02. The number of alkyl halides is 1. The van der Waals surface area contributed by atoms with Crippen molar-refractivity contribution in [3.8, 4) is 5.69 Å². The van der Waals surface area contributed by atoms with E-state index < -0.39 is 11.6 Å². The van der Waals surface area contributed by atoms with Crippen molar-refractivity contribution in [2.24, 2.45) is 0 Å². The van der Waals surface area contributed by atoms with E-state index in [0.717, 1.165) is 5.56 Å². The molecule has 21 heavy (non-hydrogen) atoms. The fraction of sp³-hybridized carbons (Fsp3) is 0.133. The van der Waals surface area contributed by atoms with Crippen molar-refractivity contribution in [1.29, 1.82) is 0 Å². The molecular formula is C15H10Cl2F2N2. The Bertz CT molecular complexity index is 843. The lowest BCUT2D eigenvalue weighted by Gasteiger charge is -2.10. The van der Waals surface area contributed by atoms with Crippen LogP contribution in [0.4, 0.5) is 8.78 Å². The van der Waals surface area contributed by atoms with Crippen LogP contribution < -0.4 is 0 Å². The molecule has 108 valence electrons. The molecule has 2 aromatic carbocycles. The van der Waals surface area contributed by atoms with Crippen LogP contribution in [0.5, 0.6) is 0 Å². The number of nitrogens with zero attached hydrogens (tertiary/aromatic N) is 2. The van der Waals surface area contributed by atoms with Crippen LogP contribution in [-0.2, 0) is 5.88 Å². The summed E-state index contributed by atoms with van der Waals surface area (Å²) in [4.78, 5) is 4.29. The average molecular weight is 327 g/mol. The molecule has 3 rings (SSSR count). The fourth-order valence-electron chi connectivity index (χ4n) is 2.27. The van der Waals surface area contributed by atoms with E-state index in [1.54, 1.807) is 19.1 Å². The molecule has 0 atom stereocenters. The molecule has 1 aromatic heterocycles. The quantitative estimate of drug-likeness (QED) is 0.605. The number of aryl methyl sites for hydroxylation is 1. The molecule has 0 saturated carbocycles. The number of rotatable bonds is 2. The van der Waals surface area contributed by atoms with E-state index in [2.05, 4.69) is 4.98 Å².